The molecule has 0 bridgehead atoms. The van der Waals surface area contributed by atoms with Crippen LogP contribution in [-0.2, 0) is 14.3 Å². The summed E-state index contributed by atoms with van der Waals surface area (Å²) in [5.74, 6) is 1.39. The summed E-state index contributed by atoms with van der Waals surface area (Å²) in [6, 6.07) is 4.83. The van der Waals surface area contributed by atoms with E-state index >= 15 is 0 Å². The number of carbonyl (C=O) groups is 2. The molecular formula is C21H28O6. The normalized spacial score (nSPS) is 24.4. The Morgan fingerprint density at radius 3 is 2.63 bits per heavy atom. The Hall–Kier alpha value is -2.24. The van der Waals surface area contributed by atoms with E-state index in [1.807, 2.05) is 0 Å². The molecule has 3 rings (SSSR count). The average molecular weight is 376 g/mol. The topological polar surface area (TPSA) is 71.1 Å². The number of hydrogen-bond acceptors (Lipinski definition) is 6. The molecule has 0 radical (unpaired) electrons. The molecule has 1 aromatic rings. The lowest BCUT2D eigenvalue weighted by atomic mass is 9.75. The maximum absolute atomic E-state index is 12.2. The summed E-state index contributed by atoms with van der Waals surface area (Å²) in [4.78, 5) is 24.4. The third-order valence-corrected chi connectivity index (χ3v) is 5.34. The molecule has 1 aliphatic heterocycles. The number of hydrogen-bond donors (Lipinski definition) is 0. The van der Waals surface area contributed by atoms with Crippen LogP contribution in [0.3, 0.4) is 0 Å². The lowest BCUT2D eigenvalue weighted by molar-refractivity contribution is -0.159. The van der Waals surface area contributed by atoms with Crippen molar-refractivity contribution in [3.05, 3.63) is 23.8 Å². The van der Waals surface area contributed by atoms with Gasteiger partial charge in [0.25, 0.3) is 0 Å². The van der Waals surface area contributed by atoms with Crippen molar-refractivity contribution in [2.45, 2.75) is 46.1 Å². The molecule has 27 heavy (non-hydrogen) atoms. The predicted octanol–water partition coefficient (Wildman–Crippen LogP) is 3.62. The first kappa shape index (κ1) is 19.5. The van der Waals surface area contributed by atoms with Crippen molar-refractivity contribution in [3.8, 4) is 11.5 Å². The molecule has 0 N–H and O–H groups in total. The van der Waals surface area contributed by atoms with Crippen molar-refractivity contribution in [1.29, 1.82) is 0 Å². The van der Waals surface area contributed by atoms with Crippen molar-refractivity contribution in [2.75, 3.05) is 19.8 Å². The minimum atomic E-state index is -0.582. The molecule has 6 nitrogen and oxygen atoms in total. The number of ether oxygens (including phenoxy) is 4. The third kappa shape index (κ3) is 4.93. The first-order chi connectivity index (χ1) is 12.9. The third-order valence-electron chi connectivity index (χ3n) is 5.34. The molecule has 1 aromatic carbocycles. The van der Waals surface area contributed by atoms with Gasteiger partial charge < -0.3 is 18.9 Å². The van der Waals surface area contributed by atoms with Crippen LogP contribution in [0, 0.1) is 17.8 Å². The smallest absolute Gasteiger partial charge is 0.344 e. The first-order valence-electron chi connectivity index (χ1n) is 9.70. The fourth-order valence-corrected chi connectivity index (χ4v) is 3.83. The zero-order valence-corrected chi connectivity index (χ0v) is 16.2. The van der Waals surface area contributed by atoms with Gasteiger partial charge in [0.1, 0.15) is 19.3 Å². The molecule has 0 amide bonds. The van der Waals surface area contributed by atoms with E-state index in [2.05, 4.69) is 20.8 Å². The molecule has 3 unspecified atom stereocenters. The Morgan fingerprint density at radius 2 is 1.89 bits per heavy atom. The average Bonchev–Trinajstić information content (AvgIpc) is 2.65. The summed E-state index contributed by atoms with van der Waals surface area (Å²) in [5.41, 5.74) is 0.318. The molecule has 0 aromatic heterocycles. The van der Waals surface area contributed by atoms with Gasteiger partial charge in [0.2, 0.25) is 0 Å². The second kappa shape index (κ2) is 8.63. The highest BCUT2D eigenvalue weighted by atomic mass is 16.6. The summed E-state index contributed by atoms with van der Waals surface area (Å²) in [5, 5.41) is 0. The van der Waals surface area contributed by atoms with E-state index in [9.17, 15) is 9.59 Å². The highest BCUT2D eigenvalue weighted by Gasteiger charge is 2.33. The number of rotatable bonds is 5. The van der Waals surface area contributed by atoms with Crippen LogP contribution in [-0.4, -0.2) is 37.9 Å². The molecular weight excluding hydrogens is 348 g/mol. The number of benzene rings is 1. The van der Waals surface area contributed by atoms with E-state index in [1.165, 1.54) is 0 Å². The summed E-state index contributed by atoms with van der Waals surface area (Å²) >= 11 is 0. The van der Waals surface area contributed by atoms with Gasteiger partial charge in [-0.25, -0.2) is 9.59 Å². The van der Waals surface area contributed by atoms with Crippen molar-refractivity contribution in [1.82, 2.24) is 0 Å². The van der Waals surface area contributed by atoms with Crippen LogP contribution >= 0.6 is 0 Å². The second-order valence-corrected chi connectivity index (χ2v) is 7.79. The Kier molecular flexibility index (Phi) is 6.24. The lowest BCUT2D eigenvalue weighted by Crippen LogP contribution is -2.36. The van der Waals surface area contributed by atoms with E-state index < -0.39 is 11.9 Å². The minimum absolute atomic E-state index is 0.103. The minimum Gasteiger partial charge on any atom is -0.486 e. The molecule has 1 heterocycles. The number of carbonyl (C=O) groups excluding carboxylic acids is 2. The number of fused-ring (bicyclic) bond motifs is 1. The van der Waals surface area contributed by atoms with Crippen molar-refractivity contribution >= 4 is 11.9 Å². The highest BCUT2D eigenvalue weighted by Crippen LogP contribution is 2.35. The van der Waals surface area contributed by atoms with Gasteiger partial charge in [0.15, 0.2) is 18.1 Å². The molecule has 0 saturated heterocycles. The Bertz CT molecular complexity index is 683. The summed E-state index contributed by atoms with van der Waals surface area (Å²) in [6.45, 7) is 7.03. The molecule has 2 aliphatic rings. The van der Waals surface area contributed by atoms with Crippen LogP contribution < -0.4 is 9.47 Å². The molecule has 1 fully saturated rings. The Labute approximate surface area is 160 Å². The molecule has 3 atom stereocenters. The quantitative estimate of drug-likeness (QED) is 0.731. The maximum Gasteiger partial charge on any atom is 0.344 e. The van der Waals surface area contributed by atoms with Gasteiger partial charge in [-0.15, -0.1) is 0 Å². The lowest BCUT2D eigenvalue weighted by Gasteiger charge is -2.36. The van der Waals surface area contributed by atoms with Crippen LogP contribution in [0.2, 0.25) is 0 Å². The summed E-state index contributed by atoms with van der Waals surface area (Å²) in [7, 11) is 0. The Morgan fingerprint density at radius 1 is 1.15 bits per heavy atom. The van der Waals surface area contributed by atoms with Gasteiger partial charge in [-0.05, 0) is 48.8 Å². The van der Waals surface area contributed by atoms with E-state index in [-0.39, 0.29) is 12.7 Å². The molecule has 6 heteroatoms. The second-order valence-electron chi connectivity index (χ2n) is 7.79. The largest absolute Gasteiger partial charge is 0.486 e. The molecule has 0 spiro atoms. The zero-order chi connectivity index (χ0) is 19.4. The van der Waals surface area contributed by atoms with Crippen molar-refractivity contribution < 1.29 is 28.5 Å². The van der Waals surface area contributed by atoms with E-state index in [1.54, 1.807) is 18.2 Å². The van der Waals surface area contributed by atoms with Gasteiger partial charge in [-0.2, -0.15) is 0 Å². The van der Waals surface area contributed by atoms with Gasteiger partial charge in [0.05, 0.1) is 5.56 Å². The maximum atomic E-state index is 12.2. The zero-order valence-electron chi connectivity index (χ0n) is 16.2. The van der Waals surface area contributed by atoms with Crippen molar-refractivity contribution in [3.63, 3.8) is 0 Å². The van der Waals surface area contributed by atoms with Gasteiger partial charge in [-0.3, -0.25) is 0 Å². The van der Waals surface area contributed by atoms with Crippen LogP contribution in [0.4, 0.5) is 0 Å². The van der Waals surface area contributed by atoms with E-state index in [0.29, 0.717) is 48.0 Å². The Balaban J connectivity index is 1.53. The fourth-order valence-electron chi connectivity index (χ4n) is 3.83. The van der Waals surface area contributed by atoms with Gasteiger partial charge in [-0.1, -0.05) is 27.2 Å². The van der Waals surface area contributed by atoms with E-state index in [4.69, 9.17) is 18.9 Å². The molecule has 1 saturated carbocycles. The van der Waals surface area contributed by atoms with Crippen LogP contribution in [0.5, 0.6) is 11.5 Å². The van der Waals surface area contributed by atoms with Crippen LogP contribution in [0.15, 0.2) is 18.2 Å². The highest BCUT2D eigenvalue weighted by molar-refractivity contribution is 5.91. The molecule has 148 valence electrons. The van der Waals surface area contributed by atoms with Gasteiger partial charge in [0, 0.05) is 0 Å². The fraction of sp³-hybridized carbons (Fsp3) is 0.619. The summed E-state index contributed by atoms with van der Waals surface area (Å²) in [6.07, 6.45) is 2.99. The monoisotopic (exact) mass is 376 g/mol. The summed E-state index contributed by atoms with van der Waals surface area (Å²) < 4.78 is 21.7. The van der Waals surface area contributed by atoms with Gasteiger partial charge >= 0.3 is 11.9 Å². The molecule has 1 aliphatic carbocycles. The number of esters is 2. The SMILES string of the molecule is CC1CCC(C(C)C)C(OC(=O)COC(=O)c2ccc3c(c2)OCCO3)C1. The predicted molar refractivity (Wildman–Crippen MR) is 98.9 cm³/mol. The van der Waals surface area contributed by atoms with Crippen molar-refractivity contribution in [2.24, 2.45) is 17.8 Å². The standard InChI is InChI=1S/C21H28O6/c1-13(2)16-6-4-14(3)10-18(16)27-20(22)12-26-21(23)15-5-7-17-19(11-15)25-9-8-24-17/h5,7,11,13-14,16,18H,4,6,8-10,12H2,1-3H3. The van der Waals surface area contributed by atoms with Crippen LogP contribution in [0.1, 0.15) is 50.4 Å². The van der Waals surface area contributed by atoms with E-state index in [0.717, 1.165) is 19.3 Å². The van der Waals surface area contributed by atoms with Crippen LogP contribution in [0.25, 0.3) is 0 Å². The first-order valence-corrected chi connectivity index (χ1v) is 9.70.